The Morgan fingerprint density at radius 3 is 2.07 bits per heavy atom. The van der Waals surface area contributed by atoms with Gasteiger partial charge in [-0.15, -0.1) is 0 Å². The molecule has 0 bridgehead atoms. The SMILES string of the molecule is [CH2]CCCCc1ccc(C(C)(C)C)cc1. The second-order valence-electron chi connectivity index (χ2n) is 5.26. The summed E-state index contributed by atoms with van der Waals surface area (Å²) in [5.41, 5.74) is 3.14. The molecule has 0 atom stereocenters. The molecule has 1 aromatic rings. The second kappa shape index (κ2) is 5.34. The van der Waals surface area contributed by atoms with Crippen LogP contribution in [0.25, 0.3) is 0 Å². The van der Waals surface area contributed by atoms with Crippen LogP contribution in [0.1, 0.15) is 51.2 Å². The van der Waals surface area contributed by atoms with Crippen LogP contribution in [-0.4, -0.2) is 0 Å². The second-order valence-corrected chi connectivity index (χ2v) is 5.26. The lowest BCUT2D eigenvalue weighted by atomic mass is 9.86. The van der Waals surface area contributed by atoms with Crippen LogP contribution in [0, 0.1) is 6.92 Å². The van der Waals surface area contributed by atoms with Crippen molar-refractivity contribution < 1.29 is 0 Å². The Morgan fingerprint density at radius 1 is 1.00 bits per heavy atom. The fourth-order valence-corrected chi connectivity index (χ4v) is 1.68. The van der Waals surface area contributed by atoms with E-state index in [9.17, 15) is 0 Å². The standard InChI is InChI=1S/C15H23/c1-5-6-7-8-13-9-11-14(12-10-13)15(2,3)4/h9-12H,1,5-8H2,2-4H3. The zero-order valence-electron chi connectivity index (χ0n) is 10.3. The molecule has 0 fully saturated rings. The van der Waals surface area contributed by atoms with Crippen molar-refractivity contribution in [3.63, 3.8) is 0 Å². The highest BCUT2D eigenvalue weighted by Crippen LogP contribution is 2.22. The zero-order chi connectivity index (χ0) is 11.3. The smallest absolute Gasteiger partial charge is 0.0132 e. The molecular formula is C15H23. The van der Waals surface area contributed by atoms with E-state index >= 15 is 0 Å². The van der Waals surface area contributed by atoms with Gasteiger partial charge < -0.3 is 0 Å². The van der Waals surface area contributed by atoms with Crippen LogP contribution in [-0.2, 0) is 11.8 Å². The first kappa shape index (κ1) is 12.3. The highest BCUT2D eigenvalue weighted by molar-refractivity contribution is 5.27. The highest BCUT2D eigenvalue weighted by Gasteiger charge is 2.12. The van der Waals surface area contributed by atoms with E-state index < -0.39 is 0 Å². The third kappa shape index (κ3) is 4.07. The summed E-state index contributed by atoms with van der Waals surface area (Å²) in [5, 5.41) is 0. The molecule has 0 spiro atoms. The molecule has 0 aliphatic carbocycles. The van der Waals surface area contributed by atoms with Crippen molar-refractivity contribution in [3.05, 3.63) is 42.3 Å². The number of aryl methyl sites for hydroxylation is 1. The van der Waals surface area contributed by atoms with E-state index in [1.54, 1.807) is 0 Å². The topological polar surface area (TPSA) is 0 Å². The highest BCUT2D eigenvalue weighted by atomic mass is 14.2. The average Bonchev–Trinajstić information content (AvgIpc) is 2.18. The van der Waals surface area contributed by atoms with Crippen LogP contribution in [0.5, 0.6) is 0 Å². The lowest BCUT2D eigenvalue weighted by Gasteiger charge is -2.19. The fourth-order valence-electron chi connectivity index (χ4n) is 1.68. The minimum atomic E-state index is 0.270. The first-order chi connectivity index (χ1) is 7.04. The predicted octanol–water partition coefficient (Wildman–Crippen LogP) is 4.53. The summed E-state index contributed by atoms with van der Waals surface area (Å²) < 4.78 is 0. The molecule has 1 rings (SSSR count). The number of benzene rings is 1. The van der Waals surface area contributed by atoms with Gasteiger partial charge in [-0.1, -0.05) is 64.8 Å². The minimum absolute atomic E-state index is 0.270. The molecule has 0 N–H and O–H groups in total. The van der Waals surface area contributed by atoms with E-state index in [0.29, 0.717) is 0 Å². The summed E-state index contributed by atoms with van der Waals surface area (Å²) in [5.74, 6) is 0. The van der Waals surface area contributed by atoms with Crippen molar-refractivity contribution in [2.75, 3.05) is 0 Å². The summed E-state index contributed by atoms with van der Waals surface area (Å²) in [6.45, 7) is 10.6. The molecule has 0 aliphatic rings. The fraction of sp³-hybridized carbons (Fsp3) is 0.533. The molecule has 0 aromatic heterocycles. The molecule has 0 aliphatic heterocycles. The predicted molar refractivity (Wildman–Crippen MR) is 68.1 cm³/mol. The Morgan fingerprint density at radius 2 is 1.60 bits per heavy atom. The van der Waals surface area contributed by atoms with Crippen LogP contribution < -0.4 is 0 Å². The summed E-state index contributed by atoms with van der Waals surface area (Å²) in [7, 11) is 0. The zero-order valence-corrected chi connectivity index (χ0v) is 10.3. The Balaban J connectivity index is 2.57. The molecule has 0 heteroatoms. The van der Waals surface area contributed by atoms with E-state index in [1.807, 2.05) is 0 Å². The molecule has 15 heavy (non-hydrogen) atoms. The summed E-state index contributed by atoms with van der Waals surface area (Å²) in [6, 6.07) is 9.06. The van der Waals surface area contributed by atoms with Crippen LogP contribution in [0.3, 0.4) is 0 Å². The van der Waals surface area contributed by atoms with Crippen LogP contribution in [0.15, 0.2) is 24.3 Å². The third-order valence-electron chi connectivity index (χ3n) is 2.79. The van der Waals surface area contributed by atoms with Gasteiger partial charge in [-0.2, -0.15) is 0 Å². The maximum absolute atomic E-state index is 3.86. The summed E-state index contributed by atoms with van der Waals surface area (Å²) in [6.07, 6.45) is 4.75. The van der Waals surface area contributed by atoms with Crippen LogP contribution in [0.2, 0.25) is 0 Å². The van der Waals surface area contributed by atoms with Crippen LogP contribution >= 0.6 is 0 Å². The third-order valence-corrected chi connectivity index (χ3v) is 2.79. The summed E-state index contributed by atoms with van der Waals surface area (Å²) in [4.78, 5) is 0. The normalized spacial score (nSPS) is 11.7. The largest absolute Gasteiger partial charge is 0.0588 e. The first-order valence-electron chi connectivity index (χ1n) is 5.92. The van der Waals surface area contributed by atoms with Crippen LogP contribution in [0.4, 0.5) is 0 Å². The Hall–Kier alpha value is -0.780. The molecule has 83 valence electrons. The van der Waals surface area contributed by atoms with Gasteiger partial charge in [0.05, 0.1) is 0 Å². The van der Waals surface area contributed by atoms with Crippen molar-refractivity contribution in [1.82, 2.24) is 0 Å². The molecule has 0 amide bonds. The Bertz CT molecular complexity index is 274. The molecule has 0 unspecified atom stereocenters. The number of unbranched alkanes of at least 4 members (excludes halogenated alkanes) is 2. The van der Waals surface area contributed by atoms with Crippen molar-refractivity contribution in [3.8, 4) is 0 Å². The molecule has 0 heterocycles. The van der Waals surface area contributed by atoms with Gasteiger partial charge in [0.1, 0.15) is 0 Å². The molecule has 0 saturated heterocycles. The molecule has 0 nitrogen and oxygen atoms in total. The van der Waals surface area contributed by atoms with E-state index in [-0.39, 0.29) is 5.41 Å². The van der Waals surface area contributed by atoms with E-state index in [2.05, 4.69) is 52.0 Å². The minimum Gasteiger partial charge on any atom is -0.0588 e. The van der Waals surface area contributed by atoms with Gasteiger partial charge in [-0.05, 0) is 29.4 Å². The van der Waals surface area contributed by atoms with E-state index in [0.717, 1.165) is 6.42 Å². The maximum Gasteiger partial charge on any atom is -0.0132 e. The molecular weight excluding hydrogens is 180 g/mol. The van der Waals surface area contributed by atoms with E-state index in [1.165, 1.54) is 30.4 Å². The molecule has 1 radical (unpaired) electrons. The van der Waals surface area contributed by atoms with Crippen molar-refractivity contribution in [2.24, 2.45) is 0 Å². The lowest BCUT2D eigenvalue weighted by molar-refractivity contribution is 0.590. The average molecular weight is 203 g/mol. The number of hydrogen-bond acceptors (Lipinski definition) is 0. The van der Waals surface area contributed by atoms with Gasteiger partial charge in [0.15, 0.2) is 0 Å². The lowest BCUT2D eigenvalue weighted by Crippen LogP contribution is -2.10. The van der Waals surface area contributed by atoms with E-state index in [4.69, 9.17) is 0 Å². The Kier molecular flexibility index (Phi) is 4.38. The van der Waals surface area contributed by atoms with Crippen molar-refractivity contribution >= 4 is 0 Å². The molecule has 0 saturated carbocycles. The quantitative estimate of drug-likeness (QED) is 0.631. The summed E-state index contributed by atoms with van der Waals surface area (Å²) >= 11 is 0. The van der Waals surface area contributed by atoms with Gasteiger partial charge >= 0.3 is 0 Å². The Labute approximate surface area is 94.7 Å². The number of rotatable bonds is 4. The maximum atomic E-state index is 3.86. The van der Waals surface area contributed by atoms with Gasteiger partial charge in [0, 0.05) is 0 Å². The van der Waals surface area contributed by atoms with Gasteiger partial charge in [0.25, 0.3) is 0 Å². The van der Waals surface area contributed by atoms with Crippen molar-refractivity contribution in [1.29, 1.82) is 0 Å². The molecule has 1 aromatic carbocycles. The van der Waals surface area contributed by atoms with Gasteiger partial charge in [-0.25, -0.2) is 0 Å². The van der Waals surface area contributed by atoms with Gasteiger partial charge in [0.2, 0.25) is 0 Å². The monoisotopic (exact) mass is 203 g/mol. The number of hydrogen-bond donors (Lipinski definition) is 0. The first-order valence-corrected chi connectivity index (χ1v) is 5.92. The van der Waals surface area contributed by atoms with Crippen molar-refractivity contribution in [2.45, 2.75) is 51.9 Å². The van der Waals surface area contributed by atoms with Gasteiger partial charge in [-0.3, -0.25) is 0 Å².